The van der Waals surface area contributed by atoms with Crippen molar-refractivity contribution in [3.63, 3.8) is 0 Å². The number of rotatable bonds is 4. The first kappa shape index (κ1) is 11.0. The summed E-state index contributed by atoms with van der Waals surface area (Å²) in [6.07, 6.45) is 0. The van der Waals surface area contributed by atoms with Gasteiger partial charge in [-0.15, -0.1) is 11.8 Å². The van der Waals surface area contributed by atoms with Gasteiger partial charge < -0.3 is 4.90 Å². The van der Waals surface area contributed by atoms with Gasteiger partial charge in [-0.2, -0.15) is 5.26 Å². The first-order chi connectivity index (χ1) is 7.81. The molecule has 1 saturated heterocycles. The van der Waals surface area contributed by atoms with E-state index in [1.807, 2.05) is 30.3 Å². The number of hydrogen-bond donors (Lipinski definition) is 0. The summed E-state index contributed by atoms with van der Waals surface area (Å²) in [6, 6.07) is 12.0. The molecule has 82 valence electrons. The third-order valence-electron chi connectivity index (χ3n) is 2.42. The average Bonchev–Trinajstić information content (AvgIpc) is 3.09. The maximum Gasteiger partial charge on any atom is 0.233 e. The van der Waals surface area contributed by atoms with Crippen molar-refractivity contribution >= 4 is 17.7 Å². The normalized spacial score (nSPS) is 17.9. The molecule has 1 unspecified atom stereocenters. The van der Waals surface area contributed by atoms with Crippen LogP contribution in [0.5, 0.6) is 0 Å². The van der Waals surface area contributed by atoms with Gasteiger partial charge in [0.25, 0.3) is 0 Å². The van der Waals surface area contributed by atoms with Gasteiger partial charge in [0.2, 0.25) is 5.91 Å². The van der Waals surface area contributed by atoms with Crippen molar-refractivity contribution in [2.45, 2.75) is 11.8 Å². The Morgan fingerprint density at radius 1 is 1.50 bits per heavy atom. The Morgan fingerprint density at radius 3 is 2.88 bits per heavy atom. The molecule has 0 spiro atoms. The van der Waals surface area contributed by atoms with Crippen LogP contribution in [-0.4, -0.2) is 29.1 Å². The molecule has 1 aliphatic heterocycles. The summed E-state index contributed by atoms with van der Waals surface area (Å²) >= 11 is 1.59. The number of carbonyl (C=O) groups excluding carboxylic acids is 1. The minimum atomic E-state index is -0.162. The fourth-order valence-corrected chi connectivity index (χ4v) is 2.31. The van der Waals surface area contributed by atoms with Crippen LogP contribution in [-0.2, 0) is 10.5 Å². The lowest BCUT2D eigenvalue weighted by atomic mass is 10.2. The number of benzene rings is 1. The van der Waals surface area contributed by atoms with Gasteiger partial charge in [0.15, 0.2) is 0 Å². The molecule has 16 heavy (non-hydrogen) atoms. The predicted molar refractivity (Wildman–Crippen MR) is 63.7 cm³/mol. The fourth-order valence-electron chi connectivity index (χ4n) is 1.44. The third kappa shape index (κ3) is 2.77. The Labute approximate surface area is 99.1 Å². The van der Waals surface area contributed by atoms with Gasteiger partial charge in [-0.25, -0.2) is 0 Å². The molecule has 1 atom stereocenters. The number of amides is 1. The van der Waals surface area contributed by atoms with Crippen LogP contribution in [0.1, 0.15) is 5.56 Å². The van der Waals surface area contributed by atoms with Crippen LogP contribution in [0.4, 0.5) is 0 Å². The number of nitriles is 1. The standard InChI is InChI=1S/C12H12N2OS/c13-6-11-7-14(11)12(15)9-16-8-10-4-2-1-3-5-10/h1-5,11H,7-9H2. The zero-order valence-electron chi connectivity index (χ0n) is 8.80. The molecule has 0 N–H and O–H groups in total. The highest BCUT2D eigenvalue weighted by Crippen LogP contribution is 2.19. The van der Waals surface area contributed by atoms with E-state index in [1.54, 1.807) is 16.7 Å². The van der Waals surface area contributed by atoms with Crippen molar-refractivity contribution in [1.82, 2.24) is 4.90 Å². The predicted octanol–water partition coefficient (Wildman–Crippen LogP) is 1.65. The molecule has 0 radical (unpaired) electrons. The molecule has 0 aromatic heterocycles. The Balaban J connectivity index is 1.70. The molecule has 1 amide bonds. The maximum absolute atomic E-state index is 11.5. The fraction of sp³-hybridized carbons (Fsp3) is 0.333. The van der Waals surface area contributed by atoms with E-state index in [-0.39, 0.29) is 11.9 Å². The van der Waals surface area contributed by atoms with Crippen LogP contribution >= 0.6 is 11.8 Å². The summed E-state index contributed by atoms with van der Waals surface area (Å²) in [7, 11) is 0. The molecule has 4 heteroatoms. The van der Waals surface area contributed by atoms with Crippen molar-refractivity contribution in [3.8, 4) is 6.07 Å². The second kappa shape index (κ2) is 5.04. The average molecular weight is 232 g/mol. The van der Waals surface area contributed by atoms with E-state index in [0.717, 1.165) is 5.75 Å². The van der Waals surface area contributed by atoms with Crippen LogP contribution in [0, 0.1) is 11.3 Å². The molecular formula is C12H12N2OS. The SMILES string of the molecule is N#CC1CN1C(=O)CSCc1ccccc1. The van der Waals surface area contributed by atoms with Crippen molar-refractivity contribution in [2.75, 3.05) is 12.3 Å². The van der Waals surface area contributed by atoms with E-state index in [2.05, 4.69) is 6.07 Å². The lowest BCUT2D eigenvalue weighted by molar-refractivity contribution is -0.123. The van der Waals surface area contributed by atoms with Gasteiger partial charge in [-0.05, 0) is 5.56 Å². The lowest BCUT2D eigenvalue weighted by Crippen LogP contribution is -2.15. The van der Waals surface area contributed by atoms with E-state index >= 15 is 0 Å². The zero-order chi connectivity index (χ0) is 11.4. The number of nitrogens with zero attached hydrogens (tertiary/aromatic N) is 2. The minimum Gasteiger partial charge on any atom is -0.321 e. The van der Waals surface area contributed by atoms with E-state index in [4.69, 9.17) is 5.26 Å². The lowest BCUT2D eigenvalue weighted by Gasteiger charge is -2.02. The second-order valence-electron chi connectivity index (χ2n) is 3.67. The first-order valence-corrected chi connectivity index (χ1v) is 6.27. The minimum absolute atomic E-state index is 0.0764. The van der Waals surface area contributed by atoms with E-state index in [1.165, 1.54) is 5.56 Å². The molecule has 1 heterocycles. The van der Waals surface area contributed by atoms with Crippen LogP contribution in [0.25, 0.3) is 0 Å². The summed E-state index contributed by atoms with van der Waals surface area (Å²) in [5, 5.41) is 8.58. The Bertz CT molecular complexity index is 413. The maximum atomic E-state index is 11.5. The molecular weight excluding hydrogens is 220 g/mol. The third-order valence-corrected chi connectivity index (χ3v) is 3.41. The molecule has 1 aliphatic rings. The Hall–Kier alpha value is -1.47. The van der Waals surface area contributed by atoms with Gasteiger partial charge in [0.1, 0.15) is 6.04 Å². The summed E-state index contributed by atoms with van der Waals surface area (Å²) < 4.78 is 0. The highest BCUT2D eigenvalue weighted by molar-refractivity contribution is 7.99. The molecule has 0 bridgehead atoms. The van der Waals surface area contributed by atoms with E-state index in [9.17, 15) is 4.79 Å². The molecule has 2 rings (SSSR count). The topological polar surface area (TPSA) is 43.9 Å². The molecule has 1 aromatic carbocycles. The number of hydrogen-bond acceptors (Lipinski definition) is 3. The van der Waals surface area contributed by atoms with Crippen LogP contribution in [0.3, 0.4) is 0 Å². The van der Waals surface area contributed by atoms with E-state index in [0.29, 0.717) is 12.3 Å². The van der Waals surface area contributed by atoms with Gasteiger partial charge in [-0.3, -0.25) is 4.79 Å². The molecule has 3 nitrogen and oxygen atoms in total. The smallest absolute Gasteiger partial charge is 0.233 e. The van der Waals surface area contributed by atoms with Crippen LogP contribution < -0.4 is 0 Å². The molecule has 1 aromatic rings. The summed E-state index contributed by atoms with van der Waals surface area (Å²) in [5.74, 6) is 1.39. The monoisotopic (exact) mass is 232 g/mol. The summed E-state index contributed by atoms with van der Waals surface area (Å²) in [6.45, 7) is 0.612. The molecule has 0 aliphatic carbocycles. The summed E-state index contributed by atoms with van der Waals surface area (Å²) in [5.41, 5.74) is 1.22. The number of thioether (sulfide) groups is 1. The first-order valence-electron chi connectivity index (χ1n) is 5.12. The molecule has 1 fully saturated rings. The Kier molecular flexibility index (Phi) is 3.47. The van der Waals surface area contributed by atoms with Gasteiger partial charge >= 0.3 is 0 Å². The van der Waals surface area contributed by atoms with Gasteiger partial charge in [0.05, 0.1) is 18.4 Å². The van der Waals surface area contributed by atoms with Crippen molar-refractivity contribution in [2.24, 2.45) is 0 Å². The van der Waals surface area contributed by atoms with Crippen molar-refractivity contribution in [3.05, 3.63) is 35.9 Å². The largest absolute Gasteiger partial charge is 0.321 e. The van der Waals surface area contributed by atoms with Crippen molar-refractivity contribution < 1.29 is 4.79 Å². The Morgan fingerprint density at radius 2 is 2.25 bits per heavy atom. The number of carbonyl (C=O) groups is 1. The van der Waals surface area contributed by atoms with Crippen molar-refractivity contribution in [1.29, 1.82) is 5.26 Å². The van der Waals surface area contributed by atoms with Gasteiger partial charge in [0, 0.05) is 5.75 Å². The zero-order valence-corrected chi connectivity index (χ0v) is 9.61. The quantitative estimate of drug-likeness (QED) is 0.741. The van der Waals surface area contributed by atoms with Gasteiger partial charge in [-0.1, -0.05) is 30.3 Å². The van der Waals surface area contributed by atoms with Crippen LogP contribution in [0.15, 0.2) is 30.3 Å². The van der Waals surface area contributed by atoms with Crippen LogP contribution in [0.2, 0.25) is 0 Å². The highest BCUT2D eigenvalue weighted by Gasteiger charge is 2.37. The second-order valence-corrected chi connectivity index (χ2v) is 4.65. The summed E-state index contributed by atoms with van der Waals surface area (Å²) in [4.78, 5) is 13.1. The molecule has 0 saturated carbocycles. The van der Waals surface area contributed by atoms with E-state index < -0.39 is 0 Å². The highest BCUT2D eigenvalue weighted by atomic mass is 32.2.